The Kier molecular flexibility index (Phi) is 5.30. The van der Waals surface area contributed by atoms with Crippen molar-refractivity contribution in [3.05, 3.63) is 65.4 Å². The Bertz CT molecular complexity index is 765. The van der Waals surface area contributed by atoms with Gasteiger partial charge in [-0.15, -0.1) is 0 Å². The van der Waals surface area contributed by atoms with Crippen molar-refractivity contribution in [3.8, 4) is 12.1 Å². The minimum Gasteiger partial charge on any atom is -0.364 e. The van der Waals surface area contributed by atoms with Gasteiger partial charge in [-0.2, -0.15) is 15.1 Å². The second kappa shape index (κ2) is 7.40. The fraction of sp³-hybridized carbons (Fsp3) is 0.176. The van der Waals surface area contributed by atoms with Gasteiger partial charge in [-0.05, 0) is 11.6 Å². The fourth-order valence-corrected chi connectivity index (χ4v) is 2.84. The van der Waals surface area contributed by atoms with E-state index in [2.05, 4.69) is 0 Å². The van der Waals surface area contributed by atoms with E-state index in [-0.39, 0.29) is 0 Å². The molecule has 0 saturated carbocycles. The lowest BCUT2D eigenvalue weighted by Crippen LogP contribution is -2.50. The van der Waals surface area contributed by atoms with Crippen molar-refractivity contribution in [2.24, 2.45) is 11.7 Å². The van der Waals surface area contributed by atoms with E-state index in [0.29, 0.717) is 10.6 Å². The summed E-state index contributed by atoms with van der Waals surface area (Å²) in [5.74, 6) is -2.48. The summed E-state index contributed by atoms with van der Waals surface area (Å²) < 4.78 is 1.60. The van der Waals surface area contributed by atoms with Gasteiger partial charge in [0, 0.05) is 17.2 Å². The SMILES string of the molecule is N#CC(C#N)[C@H](c1ccccc1Cl)[C@H](C(N)=O)[n+]1ccccc1. The molecule has 0 aliphatic heterocycles. The highest BCUT2D eigenvalue weighted by atomic mass is 35.5. The summed E-state index contributed by atoms with van der Waals surface area (Å²) in [7, 11) is 0. The van der Waals surface area contributed by atoms with Crippen LogP contribution in [0, 0.1) is 28.6 Å². The molecule has 5 nitrogen and oxygen atoms in total. The summed E-state index contributed by atoms with van der Waals surface area (Å²) >= 11 is 6.23. The number of pyridine rings is 1. The van der Waals surface area contributed by atoms with Crippen LogP contribution in [0.25, 0.3) is 0 Å². The molecular formula is C17H14ClN4O+. The summed E-state index contributed by atoms with van der Waals surface area (Å²) in [5, 5.41) is 19.1. The third kappa shape index (κ3) is 3.48. The normalized spacial score (nSPS) is 12.9. The van der Waals surface area contributed by atoms with E-state index in [1.807, 2.05) is 12.1 Å². The third-order valence-corrected chi connectivity index (χ3v) is 3.94. The molecule has 0 aliphatic rings. The highest BCUT2D eigenvalue weighted by Gasteiger charge is 2.42. The number of hydrogen-bond donors (Lipinski definition) is 1. The summed E-state index contributed by atoms with van der Waals surface area (Å²) in [6.45, 7) is 0. The lowest BCUT2D eigenvalue weighted by molar-refractivity contribution is -0.712. The second-order valence-electron chi connectivity index (χ2n) is 4.95. The molecule has 114 valence electrons. The van der Waals surface area contributed by atoms with Crippen LogP contribution in [-0.2, 0) is 4.79 Å². The van der Waals surface area contributed by atoms with Gasteiger partial charge in [0.1, 0.15) is 5.92 Å². The van der Waals surface area contributed by atoms with E-state index in [1.165, 1.54) is 0 Å². The topological polar surface area (TPSA) is 94.5 Å². The van der Waals surface area contributed by atoms with E-state index >= 15 is 0 Å². The van der Waals surface area contributed by atoms with Gasteiger partial charge in [0.05, 0.1) is 18.1 Å². The van der Waals surface area contributed by atoms with Gasteiger partial charge >= 0.3 is 0 Å². The first-order valence-electron chi connectivity index (χ1n) is 6.89. The number of nitriles is 2. The number of carbonyl (C=O) groups excluding carboxylic acids is 1. The molecule has 2 atom stereocenters. The molecule has 0 saturated heterocycles. The van der Waals surface area contributed by atoms with Crippen LogP contribution >= 0.6 is 11.6 Å². The van der Waals surface area contributed by atoms with Crippen LogP contribution in [0.4, 0.5) is 0 Å². The van der Waals surface area contributed by atoms with Crippen molar-refractivity contribution in [3.63, 3.8) is 0 Å². The maximum Gasteiger partial charge on any atom is 0.287 e. The number of benzene rings is 1. The number of nitrogens with two attached hydrogens (primary N) is 1. The zero-order valence-corrected chi connectivity index (χ0v) is 12.9. The molecule has 2 N–H and O–H groups in total. The standard InChI is InChI=1S/C17H13ClN4O/c18-14-7-3-2-6-13(14)15(12(10-19)11-20)16(17(21)23)22-8-4-1-5-9-22/h1-9,12,15-16H,(H-,21,23)/p+1/t15-,16-/m1/s1. The highest BCUT2D eigenvalue weighted by Crippen LogP contribution is 2.36. The Labute approximate surface area is 139 Å². The summed E-state index contributed by atoms with van der Waals surface area (Å²) in [4.78, 5) is 12.1. The molecular weight excluding hydrogens is 312 g/mol. The molecule has 0 aliphatic carbocycles. The van der Waals surface area contributed by atoms with E-state index in [0.717, 1.165) is 0 Å². The van der Waals surface area contributed by atoms with Gasteiger partial charge in [0.2, 0.25) is 6.04 Å². The first-order valence-corrected chi connectivity index (χ1v) is 7.26. The quantitative estimate of drug-likeness (QED) is 0.853. The molecule has 1 aromatic carbocycles. The van der Waals surface area contributed by atoms with Crippen molar-refractivity contribution in [1.29, 1.82) is 10.5 Å². The third-order valence-electron chi connectivity index (χ3n) is 3.59. The van der Waals surface area contributed by atoms with Crippen LogP contribution in [0.2, 0.25) is 5.02 Å². The van der Waals surface area contributed by atoms with Crippen molar-refractivity contribution in [2.45, 2.75) is 12.0 Å². The molecule has 0 bridgehead atoms. The monoisotopic (exact) mass is 325 g/mol. The predicted molar refractivity (Wildman–Crippen MR) is 83.8 cm³/mol. The molecule has 23 heavy (non-hydrogen) atoms. The van der Waals surface area contributed by atoms with Crippen LogP contribution in [-0.4, -0.2) is 5.91 Å². The Hall–Kier alpha value is -2.89. The van der Waals surface area contributed by atoms with E-state index in [1.54, 1.807) is 59.4 Å². The lowest BCUT2D eigenvalue weighted by Gasteiger charge is -2.22. The summed E-state index contributed by atoms with van der Waals surface area (Å²) in [6.07, 6.45) is 3.34. The molecule has 0 fully saturated rings. The molecule has 1 amide bonds. The van der Waals surface area contributed by atoms with Crippen molar-refractivity contribution in [2.75, 3.05) is 0 Å². The second-order valence-corrected chi connectivity index (χ2v) is 5.36. The number of amides is 1. The smallest absolute Gasteiger partial charge is 0.287 e. The van der Waals surface area contributed by atoms with E-state index in [4.69, 9.17) is 17.3 Å². The van der Waals surface area contributed by atoms with Gasteiger partial charge in [0.15, 0.2) is 12.4 Å². The zero-order chi connectivity index (χ0) is 16.8. The highest BCUT2D eigenvalue weighted by molar-refractivity contribution is 6.31. The average Bonchev–Trinajstić information content (AvgIpc) is 2.56. The van der Waals surface area contributed by atoms with Gasteiger partial charge in [0.25, 0.3) is 5.91 Å². The Morgan fingerprint density at radius 3 is 2.22 bits per heavy atom. The zero-order valence-electron chi connectivity index (χ0n) is 12.1. The summed E-state index contributed by atoms with van der Waals surface area (Å²) in [6, 6.07) is 15.1. The minimum atomic E-state index is -1.07. The van der Waals surface area contributed by atoms with Gasteiger partial charge < -0.3 is 5.73 Å². The van der Waals surface area contributed by atoms with Crippen molar-refractivity contribution >= 4 is 17.5 Å². The van der Waals surface area contributed by atoms with Gasteiger partial charge in [-0.1, -0.05) is 35.9 Å². The Morgan fingerprint density at radius 1 is 1.09 bits per heavy atom. The fourth-order valence-electron chi connectivity index (χ4n) is 2.57. The van der Waals surface area contributed by atoms with E-state index in [9.17, 15) is 15.3 Å². The Balaban J connectivity index is 2.65. The first-order chi connectivity index (χ1) is 11.1. The largest absolute Gasteiger partial charge is 0.364 e. The minimum absolute atomic E-state index is 0.385. The average molecular weight is 326 g/mol. The molecule has 0 spiro atoms. The lowest BCUT2D eigenvalue weighted by atomic mass is 9.81. The number of aromatic nitrogens is 1. The molecule has 1 aromatic heterocycles. The Morgan fingerprint density at radius 2 is 1.70 bits per heavy atom. The number of hydrogen-bond acceptors (Lipinski definition) is 3. The number of carbonyl (C=O) groups is 1. The number of rotatable bonds is 5. The van der Waals surface area contributed by atoms with Gasteiger partial charge in [-0.3, -0.25) is 4.79 Å². The summed E-state index contributed by atoms with van der Waals surface area (Å²) in [5.41, 5.74) is 6.13. The predicted octanol–water partition coefficient (Wildman–Crippen LogP) is 2.10. The van der Waals surface area contributed by atoms with Crippen LogP contribution in [0.5, 0.6) is 0 Å². The number of primary amides is 1. The van der Waals surface area contributed by atoms with Crippen LogP contribution in [0.3, 0.4) is 0 Å². The molecule has 0 radical (unpaired) electrons. The molecule has 1 heterocycles. The van der Waals surface area contributed by atoms with Crippen LogP contribution in [0.15, 0.2) is 54.9 Å². The molecule has 2 aromatic rings. The maximum absolute atomic E-state index is 12.1. The van der Waals surface area contributed by atoms with Crippen molar-refractivity contribution < 1.29 is 9.36 Å². The first kappa shape index (κ1) is 16.5. The number of halogens is 1. The van der Waals surface area contributed by atoms with E-state index < -0.39 is 23.8 Å². The van der Waals surface area contributed by atoms with Crippen molar-refractivity contribution in [1.82, 2.24) is 0 Å². The van der Waals surface area contributed by atoms with Crippen LogP contribution < -0.4 is 10.3 Å². The molecule has 6 heteroatoms. The van der Waals surface area contributed by atoms with Crippen LogP contribution in [0.1, 0.15) is 17.5 Å². The van der Waals surface area contributed by atoms with Gasteiger partial charge in [-0.25, -0.2) is 0 Å². The number of nitrogens with zero attached hydrogens (tertiary/aromatic N) is 3. The maximum atomic E-state index is 12.1. The molecule has 0 unspecified atom stereocenters. The molecule has 2 rings (SSSR count).